The fraction of sp³-hybridized carbons (Fsp3) is 0.318. The lowest BCUT2D eigenvalue weighted by Crippen LogP contribution is -2.18. The zero-order valence-corrected chi connectivity index (χ0v) is 18.0. The first kappa shape index (κ1) is 23.1. The van der Waals surface area contributed by atoms with E-state index in [1.54, 1.807) is 25.4 Å². The van der Waals surface area contributed by atoms with Crippen LogP contribution in [-0.2, 0) is 29.2 Å². The first-order chi connectivity index (χ1) is 15.0. The number of hydrogen-bond acceptors (Lipinski definition) is 5. The number of rotatable bonds is 6. The number of esters is 1. The summed E-state index contributed by atoms with van der Waals surface area (Å²) in [5, 5.41) is 6.40. The maximum absolute atomic E-state index is 13.0. The third-order valence-corrected chi connectivity index (χ3v) is 4.91. The van der Waals surface area contributed by atoms with Crippen LogP contribution in [0.3, 0.4) is 0 Å². The molecule has 10 heteroatoms. The molecule has 0 spiro atoms. The van der Waals surface area contributed by atoms with Crippen molar-refractivity contribution in [1.82, 2.24) is 9.55 Å². The first-order valence-electron chi connectivity index (χ1n) is 9.78. The Bertz CT molecular complexity index is 1170. The molecule has 0 saturated carbocycles. The lowest BCUT2D eigenvalue weighted by molar-refractivity contribution is -0.137. The van der Waals surface area contributed by atoms with Gasteiger partial charge in [0.15, 0.2) is 5.69 Å². The van der Waals surface area contributed by atoms with E-state index in [9.17, 15) is 22.8 Å². The summed E-state index contributed by atoms with van der Waals surface area (Å²) in [6.07, 6.45) is -2.49. The van der Waals surface area contributed by atoms with Crippen LogP contribution in [0.15, 0.2) is 36.5 Å². The van der Waals surface area contributed by atoms with Crippen LogP contribution in [0.4, 0.5) is 24.5 Å². The molecule has 7 nitrogen and oxygen atoms in total. The topological polar surface area (TPSA) is 85.2 Å². The fourth-order valence-corrected chi connectivity index (χ4v) is 3.59. The van der Waals surface area contributed by atoms with Gasteiger partial charge in [-0.1, -0.05) is 18.2 Å². The Balaban J connectivity index is 1.90. The van der Waals surface area contributed by atoms with Crippen molar-refractivity contribution in [3.63, 3.8) is 0 Å². The number of carbonyl (C=O) groups excluding carboxylic acids is 2. The van der Waals surface area contributed by atoms with Gasteiger partial charge < -0.3 is 19.9 Å². The fourth-order valence-electron chi connectivity index (χ4n) is 3.59. The van der Waals surface area contributed by atoms with Crippen LogP contribution >= 0.6 is 0 Å². The van der Waals surface area contributed by atoms with Gasteiger partial charge in [0.25, 0.3) is 0 Å². The monoisotopic (exact) mass is 448 g/mol. The maximum atomic E-state index is 13.0. The van der Waals surface area contributed by atoms with Crippen LogP contribution in [0, 0.1) is 0 Å². The average molecular weight is 448 g/mol. The molecule has 1 atom stereocenters. The SMILES string of the molecule is COC(=O)c1c(NC(C)=O)c2cc(N[C@@H](C)Cc3cccc(C(F)(F)F)c3)cnc2n1C. The molecule has 32 heavy (non-hydrogen) atoms. The third-order valence-electron chi connectivity index (χ3n) is 4.91. The van der Waals surface area contributed by atoms with E-state index in [4.69, 9.17) is 4.74 Å². The van der Waals surface area contributed by atoms with Gasteiger partial charge in [-0.15, -0.1) is 0 Å². The number of anilines is 2. The van der Waals surface area contributed by atoms with Crippen molar-refractivity contribution in [2.75, 3.05) is 17.7 Å². The van der Waals surface area contributed by atoms with Gasteiger partial charge in [-0.3, -0.25) is 4.79 Å². The number of amides is 1. The Morgan fingerprint density at radius 2 is 1.97 bits per heavy atom. The summed E-state index contributed by atoms with van der Waals surface area (Å²) in [5.74, 6) is -0.986. The van der Waals surface area contributed by atoms with Crippen molar-refractivity contribution >= 4 is 34.3 Å². The molecule has 0 unspecified atom stereocenters. The second kappa shape index (κ2) is 8.89. The molecule has 3 aromatic rings. The highest BCUT2D eigenvalue weighted by molar-refractivity contribution is 6.10. The lowest BCUT2D eigenvalue weighted by atomic mass is 10.0. The minimum Gasteiger partial charge on any atom is -0.464 e. The molecule has 1 amide bonds. The van der Waals surface area contributed by atoms with Crippen molar-refractivity contribution in [3.05, 3.63) is 53.3 Å². The standard InChI is InChI=1S/C22H23F3N4O3/c1-12(8-14-6-5-7-15(9-14)22(23,24)25)27-16-10-17-18(28-13(2)30)19(21(31)32-4)29(3)20(17)26-11-16/h5-7,9-12,27H,8H2,1-4H3,(H,28,30)/t12-/m0/s1. The third kappa shape index (κ3) is 4.84. The number of alkyl halides is 3. The second-order valence-electron chi connectivity index (χ2n) is 7.50. The van der Waals surface area contributed by atoms with E-state index in [0.717, 1.165) is 12.1 Å². The molecular formula is C22H23F3N4O3. The van der Waals surface area contributed by atoms with Gasteiger partial charge in [-0.2, -0.15) is 13.2 Å². The van der Waals surface area contributed by atoms with Gasteiger partial charge in [0.05, 0.1) is 30.2 Å². The Morgan fingerprint density at radius 1 is 1.25 bits per heavy atom. The summed E-state index contributed by atoms with van der Waals surface area (Å²) in [4.78, 5) is 28.3. The number of aryl methyl sites for hydroxylation is 1. The van der Waals surface area contributed by atoms with Crippen LogP contribution in [0.5, 0.6) is 0 Å². The van der Waals surface area contributed by atoms with E-state index in [0.29, 0.717) is 28.7 Å². The summed E-state index contributed by atoms with van der Waals surface area (Å²) in [7, 11) is 2.88. The van der Waals surface area contributed by atoms with Crippen LogP contribution in [-0.4, -0.2) is 34.6 Å². The minimum atomic E-state index is -4.40. The maximum Gasteiger partial charge on any atom is 0.416 e. The predicted octanol–water partition coefficient (Wildman–Crippen LogP) is 4.38. The number of methoxy groups -OCH3 is 1. The number of aromatic nitrogens is 2. The second-order valence-corrected chi connectivity index (χ2v) is 7.50. The number of nitrogens with zero attached hydrogens (tertiary/aromatic N) is 2. The summed E-state index contributed by atoms with van der Waals surface area (Å²) in [6, 6.07) is 6.71. The summed E-state index contributed by atoms with van der Waals surface area (Å²) < 4.78 is 45.2. The van der Waals surface area contributed by atoms with Gasteiger partial charge >= 0.3 is 12.1 Å². The van der Waals surface area contributed by atoms with Crippen LogP contribution in [0.25, 0.3) is 11.0 Å². The number of benzene rings is 1. The molecule has 170 valence electrons. The average Bonchev–Trinajstić information content (AvgIpc) is 2.97. The number of pyridine rings is 1. The normalized spacial score (nSPS) is 12.5. The quantitative estimate of drug-likeness (QED) is 0.547. The van der Waals surface area contributed by atoms with Crippen molar-refractivity contribution in [1.29, 1.82) is 0 Å². The van der Waals surface area contributed by atoms with E-state index >= 15 is 0 Å². The van der Waals surface area contributed by atoms with Crippen molar-refractivity contribution < 1.29 is 27.5 Å². The molecule has 0 aliphatic rings. The molecule has 0 aliphatic carbocycles. The van der Waals surface area contributed by atoms with Crippen molar-refractivity contribution in [2.24, 2.45) is 7.05 Å². The highest BCUT2D eigenvalue weighted by atomic mass is 19.4. The number of ether oxygens (including phenoxy) is 1. The minimum absolute atomic E-state index is 0.152. The van der Waals surface area contributed by atoms with E-state index in [1.165, 1.54) is 24.7 Å². The molecular weight excluding hydrogens is 425 g/mol. The number of hydrogen-bond donors (Lipinski definition) is 2. The van der Waals surface area contributed by atoms with E-state index < -0.39 is 17.7 Å². The molecule has 1 aromatic carbocycles. The zero-order valence-electron chi connectivity index (χ0n) is 18.0. The van der Waals surface area contributed by atoms with E-state index in [1.807, 2.05) is 6.92 Å². The lowest BCUT2D eigenvalue weighted by Gasteiger charge is -2.16. The van der Waals surface area contributed by atoms with Gasteiger partial charge in [0.1, 0.15) is 5.65 Å². The number of nitrogens with one attached hydrogen (secondary N) is 2. The van der Waals surface area contributed by atoms with Crippen LogP contribution < -0.4 is 10.6 Å². The van der Waals surface area contributed by atoms with Crippen LogP contribution in [0.1, 0.15) is 35.5 Å². The summed E-state index contributed by atoms with van der Waals surface area (Å²) in [6.45, 7) is 3.16. The van der Waals surface area contributed by atoms with Gasteiger partial charge in [-0.25, -0.2) is 9.78 Å². The highest BCUT2D eigenvalue weighted by Gasteiger charge is 2.30. The molecule has 0 aliphatic heterocycles. The van der Waals surface area contributed by atoms with Gasteiger partial charge in [0, 0.05) is 25.4 Å². The molecule has 0 fully saturated rings. The van der Waals surface area contributed by atoms with E-state index in [2.05, 4.69) is 15.6 Å². The van der Waals surface area contributed by atoms with Gasteiger partial charge in [-0.05, 0) is 31.0 Å². The van der Waals surface area contributed by atoms with Crippen LogP contribution in [0.2, 0.25) is 0 Å². The molecule has 2 heterocycles. The van der Waals surface area contributed by atoms with E-state index in [-0.39, 0.29) is 23.3 Å². The molecule has 3 rings (SSSR count). The zero-order chi connectivity index (χ0) is 23.6. The summed E-state index contributed by atoms with van der Waals surface area (Å²) in [5.41, 5.74) is 1.34. The van der Waals surface area contributed by atoms with Crippen molar-refractivity contribution in [3.8, 4) is 0 Å². The predicted molar refractivity (Wildman–Crippen MR) is 115 cm³/mol. The first-order valence-corrected chi connectivity index (χ1v) is 9.78. The molecule has 0 radical (unpaired) electrons. The Kier molecular flexibility index (Phi) is 6.42. The number of fused-ring (bicyclic) bond motifs is 1. The summed E-state index contributed by atoms with van der Waals surface area (Å²) >= 11 is 0. The highest BCUT2D eigenvalue weighted by Crippen LogP contribution is 2.32. The number of halogens is 3. The largest absolute Gasteiger partial charge is 0.464 e. The molecule has 2 aromatic heterocycles. The smallest absolute Gasteiger partial charge is 0.416 e. The Morgan fingerprint density at radius 3 is 2.59 bits per heavy atom. The Labute approximate surface area is 182 Å². The molecule has 0 saturated heterocycles. The Hall–Kier alpha value is -3.56. The number of carbonyl (C=O) groups is 2. The molecule has 0 bridgehead atoms. The molecule has 2 N–H and O–H groups in total. The van der Waals surface area contributed by atoms with Gasteiger partial charge in [0.2, 0.25) is 5.91 Å². The van der Waals surface area contributed by atoms with Crippen molar-refractivity contribution in [2.45, 2.75) is 32.5 Å².